The maximum atomic E-state index is 11.0. The number of rotatable bonds is 4. The fraction of sp³-hybridized carbons (Fsp3) is 0.167. The Balaban J connectivity index is 2.26. The molecule has 0 radical (unpaired) electrons. The first-order valence-corrected chi connectivity index (χ1v) is 6.62. The molecule has 0 aliphatic rings. The zero-order valence-electron chi connectivity index (χ0n) is 9.59. The Hall–Kier alpha value is -1.59. The normalized spacial score (nSPS) is 12.1. The molecule has 1 aromatic heterocycles. The summed E-state index contributed by atoms with van der Waals surface area (Å²) in [5.74, 6) is 0. The van der Waals surface area contributed by atoms with Crippen LogP contribution in [0.2, 0.25) is 5.02 Å². The fourth-order valence-corrected chi connectivity index (χ4v) is 2.54. The van der Waals surface area contributed by atoms with Gasteiger partial charge in [0, 0.05) is 17.1 Å². The van der Waals surface area contributed by atoms with Crippen LogP contribution in [-0.4, -0.2) is 4.92 Å². The molecule has 0 spiro atoms. The second kappa shape index (κ2) is 5.37. The summed E-state index contributed by atoms with van der Waals surface area (Å²) in [6, 6.07) is 6.62. The highest BCUT2D eigenvalue weighted by Gasteiger charge is 2.16. The SMILES string of the molecule is CC(Nc1ccc(Cl)cc1[N+](=O)[O-])c1ccsc1. The van der Waals surface area contributed by atoms with E-state index in [1.54, 1.807) is 23.5 Å². The van der Waals surface area contributed by atoms with Crippen LogP contribution in [0.5, 0.6) is 0 Å². The lowest BCUT2D eigenvalue weighted by molar-refractivity contribution is -0.384. The molecule has 0 aliphatic heterocycles. The zero-order valence-corrected chi connectivity index (χ0v) is 11.2. The molecule has 94 valence electrons. The number of nitro benzene ring substituents is 1. The molecule has 6 heteroatoms. The molecular formula is C12H11ClN2O2S. The number of benzene rings is 1. The van der Waals surface area contributed by atoms with Crippen molar-refractivity contribution in [1.29, 1.82) is 0 Å². The second-order valence-corrected chi connectivity index (χ2v) is 5.06. The van der Waals surface area contributed by atoms with E-state index in [1.165, 1.54) is 6.07 Å². The lowest BCUT2D eigenvalue weighted by atomic mass is 10.1. The van der Waals surface area contributed by atoms with Gasteiger partial charge >= 0.3 is 0 Å². The predicted octanol–water partition coefficient (Wildman–Crippen LogP) is 4.48. The quantitative estimate of drug-likeness (QED) is 0.664. The lowest BCUT2D eigenvalue weighted by Crippen LogP contribution is -2.07. The van der Waals surface area contributed by atoms with E-state index in [-0.39, 0.29) is 11.7 Å². The van der Waals surface area contributed by atoms with E-state index in [4.69, 9.17) is 11.6 Å². The smallest absolute Gasteiger partial charge is 0.293 e. The summed E-state index contributed by atoms with van der Waals surface area (Å²) in [5.41, 5.74) is 1.57. The summed E-state index contributed by atoms with van der Waals surface area (Å²) in [6.07, 6.45) is 0. The Morgan fingerprint density at radius 2 is 2.22 bits per heavy atom. The van der Waals surface area contributed by atoms with Crippen molar-refractivity contribution in [2.24, 2.45) is 0 Å². The van der Waals surface area contributed by atoms with Crippen LogP contribution in [0.15, 0.2) is 35.0 Å². The summed E-state index contributed by atoms with van der Waals surface area (Å²) in [4.78, 5) is 10.5. The third-order valence-corrected chi connectivity index (χ3v) is 3.51. The van der Waals surface area contributed by atoms with Crippen molar-refractivity contribution in [2.75, 3.05) is 5.32 Å². The van der Waals surface area contributed by atoms with E-state index >= 15 is 0 Å². The second-order valence-electron chi connectivity index (χ2n) is 3.84. The Kier molecular flexibility index (Phi) is 3.84. The maximum Gasteiger partial charge on any atom is 0.293 e. The summed E-state index contributed by atoms with van der Waals surface area (Å²) in [7, 11) is 0. The first-order chi connectivity index (χ1) is 8.58. The number of nitrogens with zero attached hydrogens (tertiary/aromatic N) is 1. The van der Waals surface area contributed by atoms with Gasteiger partial charge in [-0.15, -0.1) is 0 Å². The van der Waals surface area contributed by atoms with Gasteiger partial charge in [-0.05, 0) is 41.4 Å². The van der Waals surface area contributed by atoms with Crippen LogP contribution >= 0.6 is 22.9 Å². The average Bonchev–Trinajstić information content (AvgIpc) is 2.84. The monoisotopic (exact) mass is 282 g/mol. The van der Waals surface area contributed by atoms with Crippen LogP contribution in [0.1, 0.15) is 18.5 Å². The van der Waals surface area contributed by atoms with Gasteiger partial charge < -0.3 is 5.32 Å². The average molecular weight is 283 g/mol. The van der Waals surface area contributed by atoms with Gasteiger partial charge in [0.15, 0.2) is 0 Å². The van der Waals surface area contributed by atoms with Crippen LogP contribution in [-0.2, 0) is 0 Å². The Morgan fingerprint density at radius 3 is 2.83 bits per heavy atom. The Bertz CT molecular complexity index is 557. The third kappa shape index (κ3) is 2.80. The highest BCUT2D eigenvalue weighted by Crippen LogP contribution is 2.31. The number of thiophene rings is 1. The molecule has 0 bridgehead atoms. The van der Waals surface area contributed by atoms with Gasteiger partial charge in [-0.3, -0.25) is 10.1 Å². The highest BCUT2D eigenvalue weighted by molar-refractivity contribution is 7.07. The van der Waals surface area contributed by atoms with Crippen LogP contribution in [0.25, 0.3) is 0 Å². The number of halogens is 1. The molecule has 1 heterocycles. The lowest BCUT2D eigenvalue weighted by Gasteiger charge is -2.14. The number of nitrogens with one attached hydrogen (secondary N) is 1. The molecule has 4 nitrogen and oxygen atoms in total. The molecule has 18 heavy (non-hydrogen) atoms. The van der Waals surface area contributed by atoms with E-state index in [0.717, 1.165) is 5.56 Å². The Morgan fingerprint density at radius 1 is 1.44 bits per heavy atom. The van der Waals surface area contributed by atoms with E-state index in [1.807, 2.05) is 23.8 Å². The first kappa shape index (κ1) is 12.9. The molecule has 2 aromatic rings. The van der Waals surface area contributed by atoms with Gasteiger partial charge in [0.2, 0.25) is 0 Å². The number of anilines is 1. The van der Waals surface area contributed by atoms with Gasteiger partial charge in [-0.25, -0.2) is 0 Å². The molecular weight excluding hydrogens is 272 g/mol. The Labute approximate surface area is 113 Å². The molecule has 1 unspecified atom stereocenters. The number of hydrogen-bond acceptors (Lipinski definition) is 4. The molecule has 2 rings (SSSR count). The summed E-state index contributed by atoms with van der Waals surface area (Å²) >= 11 is 7.36. The van der Waals surface area contributed by atoms with Crippen LogP contribution < -0.4 is 5.32 Å². The van der Waals surface area contributed by atoms with Crippen molar-refractivity contribution in [3.8, 4) is 0 Å². The minimum Gasteiger partial charge on any atom is -0.373 e. The largest absolute Gasteiger partial charge is 0.373 e. The summed E-state index contributed by atoms with van der Waals surface area (Å²) in [6.45, 7) is 1.96. The van der Waals surface area contributed by atoms with E-state index < -0.39 is 4.92 Å². The predicted molar refractivity (Wildman–Crippen MR) is 74.5 cm³/mol. The molecule has 1 atom stereocenters. The van der Waals surface area contributed by atoms with Crippen molar-refractivity contribution in [3.05, 3.63) is 55.7 Å². The standard InChI is InChI=1S/C12H11ClN2O2S/c1-8(9-4-5-18-7-9)14-11-3-2-10(13)6-12(11)15(16)17/h2-8,14H,1H3. The van der Waals surface area contributed by atoms with Crippen molar-refractivity contribution < 1.29 is 4.92 Å². The number of hydrogen-bond donors (Lipinski definition) is 1. The molecule has 0 fully saturated rings. The fourth-order valence-electron chi connectivity index (χ4n) is 1.62. The van der Waals surface area contributed by atoms with Crippen LogP contribution in [0, 0.1) is 10.1 Å². The molecule has 0 amide bonds. The number of nitro groups is 1. The minimum absolute atomic E-state index is 0.00965. The van der Waals surface area contributed by atoms with Gasteiger partial charge in [-0.1, -0.05) is 11.6 Å². The molecule has 0 aliphatic carbocycles. The van der Waals surface area contributed by atoms with Crippen LogP contribution in [0.4, 0.5) is 11.4 Å². The summed E-state index contributed by atoms with van der Waals surface area (Å²) in [5, 5.41) is 18.4. The van der Waals surface area contributed by atoms with Gasteiger partial charge in [0.1, 0.15) is 5.69 Å². The molecule has 1 aromatic carbocycles. The van der Waals surface area contributed by atoms with Crippen molar-refractivity contribution in [3.63, 3.8) is 0 Å². The summed E-state index contributed by atoms with van der Waals surface area (Å²) < 4.78 is 0. The van der Waals surface area contributed by atoms with Crippen molar-refractivity contribution >= 4 is 34.3 Å². The van der Waals surface area contributed by atoms with Gasteiger partial charge in [-0.2, -0.15) is 11.3 Å². The first-order valence-electron chi connectivity index (χ1n) is 5.30. The van der Waals surface area contributed by atoms with E-state index in [9.17, 15) is 10.1 Å². The van der Waals surface area contributed by atoms with Gasteiger partial charge in [0.05, 0.1) is 4.92 Å². The highest BCUT2D eigenvalue weighted by atomic mass is 35.5. The molecule has 0 saturated carbocycles. The molecule has 1 N–H and O–H groups in total. The third-order valence-electron chi connectivity index (χ3n) is 2.57. The topological polar surface area (TPSA) is 55.2 Å². The minimum atomic E-state index is -0.436. The van der Waals surface area contributed by atoms with Crippen LogP contribution in [0.3, 0.4) is 0 Å². The van der Waals surface area contributed by atoms with E-state index in [0.29, 0.717) is 10.7 Å². The van der Waals surface area contributed by atoms with Crippen molar-refractivity contribution in [2.45, 2.75) is 13.0 Å². The zero-order chi connectivity index (χ0) is 13.1. The van der Waals surface area contributed by atoms with Gasteiger partial charge in [0.25, 0.3) is 5.69 Å². The maximum absolute atomic E-state index is 11.0. The molecule has 0 saturated heterocycles. The van der Waals surface area contributed by atoms with E-state index in [2.05, 4.69) is 5.32 Å². The van der Waals surface area contributed by atoms with Crippen molar-refractivity contribution in [1.82, 2.24) is 0 Å².